The Labute approximate surface area is 139 Å². The zero-order valence-corrected chi connectivity index (χ0v) is 14.4. The van der Waals surface area contributed by atoms with Gasteiger partial charge in [-0.1, -0.05) is 32.6 Å². The van der Waals surface area contributed by atoms with Crippen molar-refractivity contribution in [2.45, 2.75) is 52.4 Å². The van der Waals surface area contributed by atoms with E-state index in [2.05, 4.69) is 26.5 Å². The smallest absolute Gasteiger partial charge is 0.137 e. The lowest BCUT2D eigenvalue weighted by Crippen LogP contribution is -2.56. The summed E-state index contributed by atoms with van der Waals surface area (Å²) in [5.41, 5.74) is 1.48. The Balaban J connectivity index is 1.69. The Morgan fingerprint density at radius 1 is 1.26 bits per heavy atom. The van der Waals surface area contributed by atoms with Gasteiger partial charge in [-0.2, -0.15) is 0 Å². The summed E-state index contributed by atoms with van der Waals surface area (Å²) >= 11 is 0. The Kier molecular flexibility index (Phi) is 3.44. The highest BCUT2D eigenvalue weighted by Gasteiger charge is 2.59. The SMILES string of the molecule is C=CC1=CCC2C3CC(=O)C4CC(=O)CC[C@]4(C)C3C[C@@H](C)C12. The summed E-state index contributed by atoms with van der Waals surface area (Å²) in [5, 5.41) is 0. The fourth-order valence-electron chi connectivity index (χ4n) is 6.73. The van der Waals surface area contributed by atoms with Crippen molar-refractivity contribution in [2.24, 2.45) is 40.9 Å². The lowest BCUT2D eigenvalue weighted by Gasteiger charge is -2.58. The molecule has 0 bridgehead atoms. The number of hydrogen-bond donors (Lipinski definition) is 0. The van der Waals surface area contributed by atoms with Gasteiger partial charge in [0.1, 0.15) is 11.6 Å². The Hall–Kier alpha value is -1.18. The van der Waals surface area contributed by atoms with Crippen LogP contribution in [-0.4, -0.2) is 11.6 Å². The maximum Gasteiger partial charge on any atom is 0.137 e. The molecule has 0 spiro atoms. The van der Waals surface area contributed by atoms with Gasteiger partial charge in [-0.05, 0) is 59.8 Å². The first-order valence-corrected chi connectivity index (χ1v) is 9.32. The Bertz CT molecular complexity index is 601. The molecule has 0 aromatic heterocycles. The van der Waals surface area contributed by atoms with E-state index in [0.717, 1.165) is 12.8 Å². The average molecular weight is 312 g/mol. The summed E-state index contributed by atoms with van der Waals surface area (Å²) in [7, 11) is 0. The molecule has 5 unspecified atom stereocenters. The predicted molar refractivity (Wildman–Crippen MR) is 90.7 cm³/mol. The molecule has 0 saturated heterocycles. The van der Waals surface area contributed by atoms with E-state index in [1.165, 1.54) is 12.0 Å². The number of ketones is 2. The van der Waals surface area contributed by atoms with Gasteiger partial charge < -0.3 is 0 Å². The van der Waals surface area contributed by atoms with Crippen LogP contribution in [0.2, 0.25) is 0 Å². The van der Waals surface area contributed by atoms with Crippen molar-refractivity contribution in [1.29, 1.82) is 0 Å². The van der Waals surface area contributed by atoms with Crippen LogP contribution in [0, 0.1) is 40.9 Å². The molecule has 0 aromatic carbocycles. The van der Waals surface area contributed by atoms with Crippen molar-refractivity contribution in [3.63, 3.8) is 0 Å². The fraction of sp³-hybridized carbons (Fsp3) is 0.714. The minimum absolute atomic E-state index is 0.00184. The highest BCUT2D eigenvalue weighted by molar-refractivity contribution is 5.90. The van der Waals surface area contributed by atoms with E-state index in [4.69, 9.17) is 0 Å². The van der Waals surface area contributed by atoms with Gasteiger partial charge in [-0.3, -0.25) is 9.59 Å². The second-order valence-electron chi connectivity index (χ2n) is 8.79. The summed E-state index contributed by atoms with van der Waals surface area (Å²) in [4.78, 5) is 24.8. The maximum absolute atomic E-state index is 12.9. The van der Waals surface area contributed by atoms with E-state index in [0.29, 0.717) is 60.4 Å². The van der Waals surface area contributed by atoms with Gasteiger partial charge in [0.15, 0.2) is 0 Å². The molecule has 3 fully saturated rings. The zero-order chi connectivity index (χ0) is 16.4. The van der Waals surface area contributed by atoms with Crippen LogP contribution in [-0.2, 0) is 9.59 Å². The molecule has 4 rings (SSSR count). The Morgan fingerprint density at radius 2 is 2.04 bits per heavy atom. The first kappa shape index (κ1) is 15.4. The van der Waals surface area contributed by atoms with Crippen LogP contribution in [0.15, 0.2) is 24.3 Å². The van der Waals surface area contributed by atoms with Crippen LogP contribution in [0.5, 0.6) is 0 Å². The maximum atomic E-state index is 12.9. The molecule has 0 N–H and O–H groups in total. The number of carbonyl (C=O) groups excluding carboxylic acids is 2. The number of allylic oxidation sites excluding steroid dienone is 3. The number of hydrogen-bond acceptors (Lipinski definition) is 2. The fourth-order valence-corrected chi connectivity index (χ4v) is 6.73. The first-order valence-electron chi connectivity index (χ1n) is 9.32. The molecule has 3 saturated carbocycles. The van der Waals surface area contributed by atoms with Gasteiger partial charge >= 0.3 is 0 Å². The molecule has 2 heteroatoms. The average Bonchev–Trinajstić information content (AvgIpc) is 2.96. The summed E-state index contributed by atoms with van der Waals surface area (Å²) < 4.78 is 0. The third-order valence-electron chi connectivity index (χ3n) is 7.86. The second kappa shape index (κ2) is 5.16. The number of carbonyl (C=O) groups is 2. The molecule has 0 radical (unpaired) electrons. The van der Waals surface area contributed by atoms with Gasteiger partial charge in [0.25, 0.3) is 0 Å². The second-order valence-corrected chi connectivity index (χ2v) is 8.79. The molecular formula is C21H28O2. The van der Waals surface area contributed by atoms with Gasteiger partial charge in [0, 0.05) is 25.2 Å². The van der Waals surface area contributed by atoms with E-state index in [-0.39, 0.29) is 11.3 Å². The quantitative estimate of drug-likeness (QED) is 0.721. The molecule has 4 aliphatic rings. The van der Waals surface area contributed by atoms with Crippen LogP contribution >= 0.6 is 0 Å². The molecule has 0 aliphatic heterocycles. The zero-order valence-electron chi connectivity index (χ0n) is 14.4. The van der Waals surface area contributed by atoms with Crippen LogP contribution in [0.4, 0.5) is 0 Å². The minimum Gasteiger partial charge on any atom is -0.300 e. The highest BCUT2D eigenvalue weighted by atomic mass is 16.1. The molecule has 23 heavy (non-hydrogen) atoms. The van der Waals surface area contributed by atoms with Crippen molar-refractivity contribution < 1.29 is 9.59 Å². The monoisotopic (exact) mass is 312 g/mol. The molecule has 0 aromatic rings. The molecule has 124 valence electrons. The van der Waals surface area contributed by atoms with Gasteiger partial charge in [-0.15, -0.1) is 0 Å². The van der Waals surface area contributed by atoms with Crippen molar-refractivity contribution in [3.05, 3.63) is 24.3 Å². The molecule has 0 amide bonds. The molecule has 7 atom stereocenters. The Morgan fingerprint density at radius 3 is 2.78 bits per heavy atom. The third kappa shape index (κ3) is 2.06. The van der Waals surface area contributed by atoms with E-state index in [1.807, 2.05) is 6.08 Å². The molecule has 2 nitrogen and oxygen atoms in total. The van der Waals surface area contributed by atoms with Crippen molar-refractivity contribution in [3.8, 4) is 0 Å². The minimum atomic E-state index is 0.00184. The molecule has 4 aliphatic carbocycles. The largest absolute Gasteiger partial charge is 0.300 e. The lowest BCUT2D eigenvalue weighted by molar-refractivity contribution is -0.155. The standard InChI is InChI=1S/C21H28O2/c1-4-13-5-6-15-16-11-19(23)18-10-14(22)7-8-21(18,3)17(16)9-12(2)20(13)15/h4-5,12,15-18,20H,1,6-11H2,2-3H3/t12-,15?,16?,17?,18?,20?,21-/m1/s1. The van der Waals surface area contributed by atoms with Crippen LogP contribution < -0.4 is 0 Å². The van der Waals surface area contributed by atoms with Crippen molar-refractivity contribution >= 4 is 11.6 Å². The van der Waals surface area contributed by atoms with Crippen molar-refractivity contribution in [1.82, 2.24) is 0 Å². The molecular weight excluding hydrogens is 284 g/mol. The van der Waals surface area contributed by atoms with E-state index < -0.39 is 0 Å². The third-order valence-corrected chi connectivity index (χ3v) is 7.86. The van der Waals surface area contributed by atoms with E-state index >= 15 is 0 Å². The predicted octanol–water partition coefficient (Wildman–Crippen LogP) is 4.36. The first-order chi connectivity index (χ1) is 11.0. The van der Waals surface area contributed by atoms with Crippen molar-refractivity contribution in [2.75, 3.05) is 0 Å². The van der Waals surface area contributed by atoms with Crippen LogP contribution in [0.3, 0.4) is 0 Å². The summed E-state index contributed by atoms with van der Waals surface area (Å²) in [6.45, 7) is 8.71. The van der Waals surface area contributed by atoms with Gasteiger partial charge in [0.2, 0.25) is 0 Å². The van der Waals surface area contributed by atoms with E-state index in [9.17, 15) is 9.59 Å². The highest BCUT2D eigenvalue weighted by Crippen LogP contribution is 2.63. The molecule has 0 heterocycles. The topological polar surface area (TPSA) is 34.1 Å². The number of rotatable bonds is 1. The summed E-state index contributed by atoms with van der Waals surface area (Å²) in [6, 6.07) is 0. The van der Waals surface area contributed by atoms with Crippen LogP contribution in [0.1, 0.15) is 52.4 Å². The van der Waals surface area contributed by atoms with E-state index in [1.54, 1.807) is 0 Å². The lowest BCUT2D eigenvalue weighted by atomic mass is 9.45. The summed E-state index contributed by atoms with van der Waals surface area (Å²) in [6.07, 6.45) is 9.56. The number of Topliss-reactive ketones (excluding diaryl/α,β-unsaturated/α-hetero) is 2. The summed E-state index contributed by atoms with van der Waals surface area (Å²) in [5.74, 6) is 3.71. The van der Waals surface area contributed by atoms with Crippen LogP contribution in [0.25, 0.3) is 0 Å². The van der Waals surface area contributed by atoms with Gasteiger partial charge in [-0.25, -0.2) is 0 Å². The van der Waals surface area contributed by atoms with Gasteiger partial charge in [0.05, 0.1) is 0 Å². The number of fused-ring (bicyclic) bond motifs is 5. The normalized spacial score (nSPS) is 49.0.